The summed E-state index contributed by atoms with van der Waals surface area (Å²) in [4.78, 5) is 9.85. The first kappa shape index (κ1) is 16.0. The number of benzene rings is 1. The van der Waals surface area contributed by atoms with Crippen LogP contribution in [0.3, 0.4) is 0 Å². The van der Waals surface area contributed by atoms with Crippen molar-refractivity contribution in [2.45, 2.75) is 13.8 Å². The topological polar surface area (TPSA) is 37.8 Å². The molecule has 0 saturated heterocycles. The summed E-state index contributed by atoms with van der Waals surface area (Å²) in [6, 6.07) is 9.85. The van der Waals surface area contributed by atoms with Crippen molar-refractivity contribution in [1.29, 1.82) is 0 Å². The van der Waals surface area contributed by atoms with E-state index in [2.05, 4.69) is 29.1 Å². The van der Waals surface area contributed by atoms with Gasteiger partial charge in [-0.05, 0) is 18.1 Å². The van der Waals surface area contributed by atoms with Crippen molar-refractivity contribution < 1.29 is 0 Å². The Morgan fingerprint density at radius 1 is 1.09 bits per heavy atom. The SMILES string of the molecule is CC(C)CNc1ncc(-c2ccncc2-c2ccccc2Cl)s1. The highest BCUT2D eigenvalue weighted by atomic mass is 35.5. The molecule has 3 rings (SSSR count). The first-order valence-corrected chi connectivity index (χ1v) is 8.73. The summed E-state index contributed by atoms with van der Waals surface area (Å²) in [5.74, 6) is 0.585. The molecule has 0 spiro atoms. The molecule has 3 aromatic rings. The highest BCUT2D eigenvalue weighted by Gasteiger charge is 2.13. The van der Waals surface area contributed by atoms with Gasteiger partial charge in [-0.25, -0.2) is 4.98 Å². The van der Waals surface area contributed by atoms with Crippen molar-refractivity contribution in [3.05, 3.63) is 53.9 Å². The maximum absolute atomic E-state index is 6.36. The van der Waals surface area contributed by atoms with Gasteiger partial charge in [-0.15, -0.1) is 0 Å². The predicted octanol–water partition coefficient (Wildman–Crippen LogP) is 5.59. The van der Waals surface area contributed by atoms with Gasteiger partial charge >= 0.3 is 0 Å². The molecule has 5 heteroatoms. The Kier molecular flexibility index (Phi) is 4.94. The summed E-state index contributed by atoms with van der Waals surface area (Å²) in [5, 5.41) is 5.04. The third-order valence-corrected chi connectivity index (χ3v) is 4.74. The fourth-order valence-electron chi connectivity index (χ4n) is 2.28. The minimum Gasteiger partial charge on any atom is -0.361 e. The Balaban J connectivity index is 1.97. The highest BCUT2D eigenvalue weighted by Crippen LogP contribution is 2.38. The van der Waals surface area contributed by atoms with E-state index in [-0.39, 0.29) is 0 Å². The molecule has 0 aliphatic rings. The third-order valence-electron chi connectivity index (χ3n) is 3.42. The van der Waals surface area contributed by atoms with Gasteiger partial charge in [0.05, 0.1) is 4.88 Å². The first-order valence-electron chi connectivity index (χ1n) is 7.54. The monoisotopic (exact) mass is 343 g/mol. The minimum atomic E-state index is 0.585. The number of anilines is 1. The molecule has 0 aliphatic heterocycles. The Morgan fingerprint density at radius 3 is 2.70 bits per heavy atom. The lowest BCUT2D eigenvalue weighted by Gasteiger charge is -2.09. The number of hydrogen-bond donors (Lipinski definition) is 1. The van der Waals surface area contributed by atoms with Gasteiger partial charge in [-0.3, -0.25) is 4.98 Å². The smallest absolute Gasteiger partial charge is 0.183 e. The summed E-state index contributed by atoms with van der Waals surface area (Å²) in [7, 11) is 0. The van der Waals surface area contributed by atoms with Crippen LogP contribution in [-0.2, 0) is 0 Å². The second-order valence-electron chi connectivity index (χ2n) is 5.71. The number of thiazole rings is 1. The standard InChI is InChI=1S/C18H18ClN3S/c1-12(2)9-21-18-22-11-17(23-18)14-7-8-20-10-15(14)13-5-3-4-6-16(13)19/h3-8,10-12H,9H2,1-2H3,(H,21,22). The van der Waals surface area contributed by atoms with Gasteiger partial charge < -0.3 is 5.32 Å². The zero-order valence-corrected chi connectivity index (χ0v) is 14.7. The van der Waals surface area contributed by atoms with Crippen molar-refractivity contribution in [2.75, 3.05) is 11.9 Å². The van der Waals surface area contributed by atoms with Crippen molar-refractivity contribution in [3.8, 4) is 21.6 Å². The van der Waals surface area contributed by atoms with Crippen molar-refractivity contribution >= 4 is 28.1 Å². The van der Waals surface area contributed by atoms with E-state index in [9.17, 15) is 0 Å². The number of nitrogens with one attached hydrogen (secondary N) is 1. The van der Waals surface area contributed by atoms with Crippen LogP contribution >= 0.6 is 22.9 Å². The molecular weight excluding hydrogens is 326 g/mol. The van der Waals surface area contributed by atoms with Gasteiger partial charge in [0.15, 0.2) is 5.13 Å². The predicted molar refractivity (Wildman–Crippen MR) is 99.1 cm³/mol. The summed E-state index contributed by atoms with van der Waals surface area (Å²) in [6.07, 6.45) is 5.57. The number of rotatable bonds is 5. The van der Waals surface area contributed by atoms with Crippen LogP contribution in [0.5, 0.6) is 0 Å². The molecular formula is C18H18ClN3S. The molecule has 118 valence electrons. The highest BCUT2D eigenvalue weighted by molar-refractivity contribution is 7.18. The van der Waals surface area contributed by atoms with Crippen LogP contribution in [0.2, 0.25) is 5.02 Å². The fraction of sp³-hybridized carbons (Fsp3) is 0.222. The van der Waals surface area contributed by atoms with Gasteiger partial charge in [0.1, 0.15) is 0 Å². The molecule has 23 heavy (non-hydrogen) atoms. The molecule has 3 nitrogen and oxygen atoms in total. The maximum Gasteiger partial charge on any atom is 0.183 e. The van der Waals surface area contributed by atoms with Crippen LogP contribution in [0.1, 0.15) is 13.8 Å². The zero-order chi connectivity index (χ0) is 16.2. The second-order valence-corrected chi connectivity index (χ2v) is 7.14. The molecule has 0 radical (unpaired) electrons. The Hall–Kier alpha value is -1.91. The summed E-state index contributed by atoms with van der Waals surface area (Å²) < 4.78 is 0. The van der Waals surface area contributed by atoms with Crippen LogP contribution in [0.4, 0.5) is 5.13 Å². The van der Waals surface area contributed by atoms with E-state index in [1.54, 1.807) is 17.5 Å². The minimum absolute atomic E-state index is 0.585. The van der Waals surface area contributed by atoms with Gasteiger partial charge in [0, 0.05) is 46.8 Å². The zero-order valence-electron chi connectivity index (χ0n) is 13.1. The van der Waals surface area contributed by atoms with Crippen molar-refractivity contribution in [1.82, 2.24) is 9.97 Å². The van der Waals surface area contributed by atoms with Gasteiger partial charge in [0.2, 0.25) is 0 Å². The fourth-order valence-corrected chi connectivity index (χ4v) is 3.38. The normalized spacial score (nSPS) is 11.0. The maximum atomic E-state index is 6.36. The largest absolute Gasteiger partial charge is 0.361 e. The summed E-state index contributed by atoms with van der Waals surface area (Å²) in [5.41, 5.74) is 3.11. The second kappa shape index (κ2) is 7.11. The van der Waals surface area contributed by atoms with Crippen LogP contribution in [0.25, 0.3) is 21.6 Å². The van der Waals surface area contributed by atoms with E-state index in [1.165, 1.54) is 0 Å². The molecule has 0 unspecified atom stereocenters. The van der Waals surface area contributed by atoms with E-state index in [0.717, 1.165) is 38.3 Å². The molecule has 2 heterocycles. The van der Waals surface area contributed by atoms with E-state index < -0.39 is 0 Å². The average Bonchev–Trinajstić information content (AvgIpc) is 3.02. The Labute approximate surface area is 145 Å². The number of halogens is 1. The lowest BCUT2D eigenvalue weighted by Crippen LogP contribution is -2.07. The number of nitrogens with zero attached hydrogens (tertiary/aromatic N) is 2. The van der Waals surface area contributed by atoms with Crippen LogP contribution in [0.15, 0.2) is 48.9 Å². The molecule has 0 bridgehead atoms. The molecule has 0 saturated carbocycles. The Morgan fingerprint density at radius 2 is 1.91 bits per heavy atom. The molecule has 1 N–H and O–H groups in total. The van der Waals surface area contributed by atoms with E-state index >= 15 is 0 Å². The quantitative estimate of drug-likeness (QED) is 0.655. The Bertz CT molecular complexity index is 798. The van der Waals surface area contributed by atoms with Crippen LogP contribution in [0, 0.1) is 5.92 Å². The van der Waals surface area contributed by atoms with Crippen molar-refractivity contribution in [2.24, 2.45) is 5.92 Å². The van der Waals surface area contributed by atoms with E-state index in [1.807, 2.05) is 42.7 Å². The molecule has 0 aliphatic carbocycles. The average molecular weight is 344 g/mol. The third kappa shape index (κ3) is 3.71. The van der Waals surface area contributed by atoms with Gasteiger partial charge in [-0.2, -0.15) is 0 Å². The summed E-state index contributed by atoms with van der Waals surface area (Å²) >= 11 is 8.01. The number of hydrogen-bond acceptors (Lipinski definition) is 4. The number of pyridine rings is 1. The molecule has 0 atom stereocenters. The van der Waals surface area contributed by atoms with E-state index in [4.69, 9.17) is 11.6 Å². The molecule has 0 amide bonds. The molecule has 1 aromatic carbocycles. The number of aromatic nitrogens is 2. The first-order chi connectivity index (χ1) is 11.1. The van der Waals surface area contributed by atoms with E-state index in [0.29, 0.717) is 5.92 Å². The molecule has 2 aromatic heterocycles. The lowest BCUT2D eigenvalue weighted by atomic mass is 10.0. The van der Waals surface area contributed by atoms with Crippen LogP contribution in [-0.4, -0.2) is 16.5 Å². The van der Waals surface area contributed by atoms with Crippen LogP contribution < -0.4 is 5.32 Å². The van der Waals surface area contributed by atoms with Gasteiger partial charge in [-0.1, -0.05) is 55.0 Å². The summed E-state index contributed by atoms with van der Waals surface area (Å²) in [6.45, 7) is 5.28. The van der Waals surface area contributed by atoms with Gasteiger partial charge in [0.25, 0.3) is 0 Å². The van der Waals surface area contributed by atoms with Crippen molar-refractivity contribution in [3.63, 3.8) is 0 Å². The lowest BCUT2D eigenvalue weighted by molar-refractivity contribution is 0.688. The molecule has 0 fully saturated rings.